The van der Waals surface area contributed by atoms with Gasteiger partial charge in [0.05, 0.1) is 19.3 Å². The number of aliphatic hydroxyl groups is 1. The van der Waals surface area contributed by atoms with Crippen molar-refractivity contribution in [3.05, 3.63) is 23.8 Å². The van der Waals surface area contributed by atoms with E-state index in [9.17, 15) is 9.90 Å². The second kappa shape index (κ2) is 4.49. The molecule has 0 saturated carbocycles. The van der Waals surface area contributed by atoms with E-state index in [1.807, 2.05) is 0 Å². The first-order valence-electron chi connectivity index (χ1n) is 5.75. The summed E-state index contributed by atoms with van der Waals surface area (Å²) in [5.74, 6) is 0.349. The molecule has 0 spiro atoms. The second-order valence-corrected chi connectivity index (χ2v) is 4.23. The molecular weight excluding hydrogens is 236 g/mol. The van der Waals surface area contributed by atoms with Crippen molar-refractivity contribution in [2.24, 2.45) is 0 Å². The van der Waals surface area contributed by atoms with Crippen LogP contribution in [-0.4, -0.2) is 30.9 Å². The first-order chi connectivity index (χ1) is 8.52. The van der Waals surface area contributed by atoms with Gasteiger partial charge in [0.2, 0.25) is 6.10 Å². The topological polar surface area (TPSA) is 65.0 Å². The minimum atomic E-state index is -1.46. The normalized spacial score (nSPS) is 25.2. The maximum atomic E-state index is 11.8. The summed E-state index contributed by atoms with van der Waals surface area (Å²) in [5, 5.41) is 10.5. The van der Waals surface area contributed by atoms with Gasteiger partial charge in [-0.1, -0.05) is 6.07 Å². The van der Waals surface area contributed by atoms with E-state index < -0.39 is 17.7 Å². The van der Waals surface area contributed by atoms with Gasteiger partial charge in [-0.25, -0.2) is 4.79 Å². The molecule has 2 atom stereocenters. The number of methoxy groups -OCH3 is 1. The highest BCUT2D eigenvalue weighted by Gasteiger charge is 2.51. The minimum absolute atomic E-state index is 0.238. The monoisotopic (exact) mass is 252 g/mol. The first-order valence-corrected chi connectivity index (χ1v) is 5.75. The molecule has 1 heterocycles. The predicted octanol–water partition coefficient (Wildman–Crippen LogP) is 1.23. The largest absolute Gasteiger partial charge is 0.496 e. The summed E-state index contributed by atoms with van der Waals surface area (Å²) >= 11 is 0. The van der Waals surface area contributed by atoms with Gasteiger partial charge in [0.1, 0.15) is 17.1 Å². The van der Waals surface area contributed by atoms with Crippen LogP contribution in [-0.2, 0) is 15.1 Å². The quantitative estimate of drug-likeness (QED) is 0.819. The molecule has 1 aliphatic heterocycles. The standard InChI is InChI=1S/C13H16O5/c1-4-17-12(14)11-13(2,15)10-8(16-3)6-5-7-9(10)18-11/h5-7,11,15H,4H2,1-3H3/t11-,13-/m1/s1. The molecule has 1 aliphatic rings. The van der Waals surface area contributed by atoms with Crippen LogP contribution in [0.5, 0.6) is 11.5 Å². The molecule has 0 aromatic heterocycles. The number of fused-ring (bicyclic) bond motifs is 1. The van der Waals surface area contributed by atoms with Crippen LogP contribution in [0, 0.1) is 0 Å². The molecule has 2 rings (SSSR count). The minimum Gasteiger partial charge on any atom is -0.496 e. The Morgan fingerprint density at radius 1 is 1.56 bits per heavy atom. The fraction of sp³-hybridized carbons (Fsp3) is 0.462. The van der Waals surface area contributed by atoms with Crippen LogP contribution < -0.4 is 9.47 Å². The third kappa shape index (κ3) is 1.80. The highest BCUT2D eigenvalue weighted by molar-refractivity contribution is 5.79. The summed E-state index contributed by atoms with van der Waals surface area (Å²) < 4.78 is 15.6. The molecule has 0 bridgehead atoms. The Balaban J connectivity index is 2.42. The SMILES string of the molecule is CCOC(=O)[C@H]1Oc2cccc(OC)c2[C@@]1(C)O. The van der Waals surface area contributed by atoms with Gasteiger partial charge in [-0.05, 0) is 26.0 Å². The Kier molecular flexibility index (Phi) is 3.17. The zero-order chi connectivity index (χ0) is 13.3. The number of hydrogen-bond donors (Lipinski definition) is 1. The Morgan fingerprint density at radius 2 is 2.28 bits per heavy atom. The summed E-state index contributed by atoms with van der Waals surface area (Å²) in [7, 11) is 1.50. The molecule has 0 radical (unpaired) electrons. The van der Waals surface area contributed by atoms with Crippen LogP contribution in [0.3, 0.4) is 0 Å². The summed E-state index contributed by atoms with van der Waals surface area (Å²) in [6, 6.07) is 5.14. The molecule has 18 heavy (non-hydrogen) atoms. The van der Waals surface area contributed by atoms with E-state index in [1.165, 1.54) is 14.0 Å². The third-order valence-corrected chi connectivity index (χ3v) is 2.97. The van der Waals surface area contributed by atoms with E-state index in [1.54, 1.807) is 25.1 Å². The van der Waals surface area contributed by atoms with Gasteiger partial charge in [-0.2, -0.15) is 0 Å². The van der Waals surface area contributed by atoms with Gasteiger partial charge in [0.15, 0.2) is 0 Å². The molecule has 0 aliphatic carbocycles. The molecule has 0 unspecified atom stereocenters. The molecule has 98 valence electrons. The summed E-state index contributed by atoms with van der Waals surface area (Å²) in [5.41, 5.74) is -0.987. The van der Waals surface area contributed by atoms with E-state index in [4.69, 9.17) is 14.2 Å². The molecule has 0 fully saturated rings. The maximum absolute atomic E-state index is 11.8. The average Bonchev–Trinajstić information content (AvgIpc) is 2.62. The van der Waals surface area contributed by atoms with Crippen LogP contribution in [0.4, 0.5) is 0 Å². The smallest absolute Gasteiger partial charge is 0.350 e. The van der Waals surface area contributed by atoms with Gasteiger partial charge in [-0.3, -0.25) is 0 Å². The molecule has 0 saturated heterocycles. The lowest BCUT2D eigenvalue weighted by Gasteiger charge is -2.23. The predicted molar refractivity (Wildman–Crippen MR) is 63.6 cm³/mol. The zero-order valence-electron chi connectivity index (χ0n) is 10.6. The van der Waals surface area contributed by atoms with E-state index in [0.29, 0.717) is 17.1 Å². The number of hydrogen-bond acceptors (Lipinski definition) is 5. The second-order valence-electron chi connectivity index (χ2n) is 4.23. The lowest BCUT2D eigenvalue weighted by Crippen LogP contribution is -2.42. The van der Waals surface area contributed by atoms with Crippen molar-refractivity contribution >= 4 is 5.97 Å². The summed E-state index contributed by atoms with van der Waals surface area (Å²) in [4.78, 5) is 11.8. The Morgan fingerprint density at radius 3 is 2.89 bits per heavy atom. The lowest BCUT2D eigenvalue weighted by atomic mass is 9.91. The Hall–Kier alpha value is -1.75. The van der Waals surface area contributed by atoms with Crippen molar-refractivity contribution < 1.29 is 24.1 Å². The average molecular weight is 252 g/mol. The van der Waals surface area contributed by atoms with Gasteiger partial charge < -0.3 is 19.3 Å². The Bertz CT molecular complexity index is 466. The number of carbonyl (C=O) groups is 1. The van der Waals surface area contributed by atoms with E-state index in [-0.39, 0.29) is 6.61 Å². The van der Waals surface area contributed by atoms with E-state index in [0.717, 1.165) is 0 Å². The van der Waals surface area contributed by atoms with Crippen molar-refractivity contribution in [1.29, 1.82) is 0 Å². The zero-order valence-corrected chi connectivity index (χ0v) is 10.6. The number of ether oxygens (including phenoxy) is 3. The van der Waals surface area contributed by atoms with Gasteiger partial charge in [-0.15, -0.1) is 0 Å². The van der Waals surface area contributed by atoms with Crippen LogP contribution in [0.25, 0.3) is 0 Å². The maximum Gasteiger partial charge on any atom is 0.350 e. The number of carbonyl (C=O) groups excluding carboxylic acids is 1. The molecule has 1 N–H and O–H groups in total. The highest BCUT2D eigenvalue weighted by Crippen LogP contribution is 2.46. The summed E-state index contributed by atoms with van der Waals surface area (Å²) in [6.45, 7) is 3.46. The van der Waals surface area contributed by atoms with Crippen LogP contribution >= 0.6 is 0 Å². The van der Waals surface area contributed by atoms with Crippen molar-refractivity contribution in [3.63, 3.8) is 0 Å². The van der Waals surface area contributed by atoms with E-state index in [2.05, 4.69) is 0 Å². The fourth-order valence-electron chi connectivity index (χ4n) is 2.15. The molecule has 5 heteroatoms. The van der Waals surface area contributed by atoms with Gasteiger partial charge >= 0.3 is 5.97 Å². The van der Waals surface area contributed by atoms with Gasteiger partial charge in [0, 0.05) is 0 Å². The number of rotatable bonds is 3. The lowest BCUT2D eigenvalue weighted by molar-refractivity contribution is -0.161. The number of esters is 1. The summed E-state index contributed by atoms with van der Waals surface area (Å²) in [6.07, 6.45) is -1.07. The van der Waals surface area contributed by atoms with E-state index >= 15 is 0 Å². The van der Waals surface area contributed by atoms with Crippen LogP contribution in [0.2, 0.25) is 0 Å². The fourth-order valence-corrected chi connectivity index (χ4v) is 2.15. The molecule has 1 aromatic rings. The van der Waals surface area contributed by atoms with Crippen LogP contribution in [0.1, 0.15) is 19.4 Å². The van der Waals surface area contributed by atoms with Crippen LogP contribution in [0.15, 0.2) is 18.2 Å². The molecular formula is C13H16O5. The van der Waals surface area contributed by atoms with Crippen molar-refractivity contribution in [3.8, 4) is 11.5 Å². The highest BCUT2D eigenvalue weighted by atomic mass is 16.6. The first kappa shape index (κ1) is 12.7. The molecule has 1 aromatic carbocycles. The van der Waals surface area contributed by atoms with Crippen molar-refractivity contribution in [2.75, 3.05) is 13.7 Å². The number of benzene rings is 1. The third-order valence-electron chi connectivity index (χ3n) is 2.97. The van der Waals surface area contributed by atoms with Gasteiger partial charge in [0.25, 0.3) is 0 Å². The molecule has 5 nitrogen and oxygen atoms in total. The van der Waals surface area contributed by atoms with Crippen molar-refractivity contribution in [1.82, 2.24) is 0 Å². The Labute approximate surface area is 105 Å². The van der Waals surface area contributed by atoms with Crippen molar-refractivity contribution in [2.45, 2.75) is 25.6 Å². The molecule has 0 amide bonds.